The van der Waals surface area contributed by atoms with Crippen molar-refractivity contribution in [2.24, 2.45) is 7.05 Å². The molecule has 0 saturated heterocycles. The Hall–Kier alpha value is -3.87. The lowest BCUT2D eigenvalue weighted by molar-refractivity contribution is -0.143. The number of nitrogens with one attached hydrogen (secondary N) is 1. The number of amides is 1. The van der Waals surface area contributed by atoms with Gasteiger partial charge in [0.1, 0.15) is 11.9 Å². The third-order valence-corrected chi connectivity index (χ3v) is 7.73. The van der Waals surface area contributed by atoms with Crippen LogP contribution in [0.4, 0.5) is 10.6 Å². The van der Waals surface area contributed by atoms with Gasteiger partial charge in [0.25, 0.3) is 0 Å². The van der Waals surface area contributed by atoms with Crippen LogP contribution in [0, 0.1) is 0 Å². The SMILES string of the molecule is COC(=O)C1(c2ccc(C3CC=C(c4cnn(C)c4NC(=O)O[C@H](C)c4ccccc4)CC3)cc2)CC1. The first kappa shape index (κ1) is 24.8. The fourth-order valence-corrected chi connectivity index (χ4v) is 5.29. The molecule has 192 valence electrons. The highest BCUT2D eigenvalue weighted by atomic mass is 16.6. The Morgan fingerprint density at radius 2 is 1.84 bits per heavy atom. The van der Waals surface area contributed by atoms with Crippen molar-refractivity contribution in [3.05, 3.63) is 89.1 Å². The molecule has 0 spiro atoms. The topological polar surface area (TPSA) is 82.5 Å². The number of benzene rings is 2. The monoisotopic (exact) mass is 499 g/mol. The summed E-state index contributed by atoms with van der Waals surface area (Å²) in [6.45, 7) is 1.86. The molecule has 2 aliphatic rings. The third-order valence-electron chi connectivity index (χ3n) is 7.73. The van der Waals surface area contributed by atoms with Gasteiger partial charge in [-0.25, -0.2) is 4.79 Å². The van der Waals surface area contributed by atoms with E-state index in [2.05, 4.69) is 40.8 Å². The Morgan fingerprint density at radius 3 is 2.46 bits per heavy atom. The smallest absolute Gasteiger partial charge is 0.413 e. The van der Waals surface area contributed by atoms with E-state index >= 15 is 0 Å². The first-order chi connectivity index (χ1) is 17.9. The maximum Gasteiger partial charge on any atom is 0.413 e. The van der Waals surface area contributed by atoms with E-state index in [9.17, 15) is 9.59 Å². The van der Waals surface area contributed by atoms with Crippen LogP contribution in [0.2, 0.25) is 0 Å². The van der Waals surface area contributed by atoms with Crippen molar-refractivity contribution >= 4 is 23.5 Å². The zero-order valence-electron chi connectivity index (χ0n) is 21.6. The van der Waals surface area contributed by atoms with E-state index in [0.717, 1.165) is 48.8 Å². The van der Waals surface area contributed by atoms with Gasteiger partial charge in [-0.2, -0.15) is 5.10 Å². The van der Waals surface area contributed by atoms with Crippen LogP contribution >= 0.6 is 0 Å². The Kier molecular flexibility index (Phi) is 6.87. The van der Waals surface area contributed by atoms with Gasteiger partial charge in [-0.1, -0.05) is 60.7 Å². The molecule has 1 N–H and O–H groups in total. The number of esters is 1. The fourth-order valence-electron chi connectivity index (χ4n) is 5.29. The quantitative estimate of drug-likeness (QED) is 0.387. The highest BCUT2D eigenvalue weighted by Gasteiger charge is 2.52. The van der Waals surface area contributed by atoms with Gasteiger partial charge in [-0.3, -0.25) is 14.8 Å². The number of hydrogen-bond donors (Lipinski definition) is 1. The normalized spacial score (nSPS) is 18.9. The van der Waals surface area contributed by atoms with Gasteiger partial charge < -0.3 is 9.47 Å². The summed E-state index contributed by atoms with van der Waals surface area (Å²) < 4.78 is 12.3. The number of anilines is 1. The maximum absolute atomic E-state index is 12.7. The number of methoxy groups -OCH3 is 1. The summed E-state index contributed by atoms with van der Waals surface area (Å²) in [7, 11) is 3.27. The minimum Gasteiger partial charge on any atom is -0.468 e. The maximum atomic E-state index is 12.7. The van der Waals surface area contributed by atoms with E-state index < -0.39 is 11.5 Å². The number of carbonyl (C=O) groups excluding carboxylic acids is 2. The number of hydrogen-bond acceptors (Lipinski definition) is 5. The molecule has 7 heteroatoms. The number of nitrogens with zero attached hydrogens (tertiary/aromatic N) is 2. The fraction of sp³-hybridized carbons (Fsp3) is 0.367. The standard InChI is InChI=1S/C30H33N3O4/c1-20(21-7-5-4-6-8-21)37-29(35)32-27-26(19-31-33(27)2)24-11-9-22(10-12-24)23-13-15-25(16-14-23)30(17-18-30)28(34)36-3/h4-8,11,13-16,19-20,22H,9-10,12,17-18H2,1-3H3,(H,32,35)/t20-,22?/m1/s1. The largest absolute Gasteiger partial charge is 0.468 e. The van der Waals surface area contributed by atoms with Crippen LogP contribution in [0.3, 0.4) is 0 Å². The van der Waals surface area contributed by atoms with Crippen molar-refractivity contribution in [3.63, 3.8) is 0 Å². The predicted molar refractivity (Wildman–Crippen MR) is 142 cm³/mol. The van der Waals surface area contributed by atoms with Crippen LogP contribution in [0.5, 0.6) is 0 Å². The van der Waals surface area contributed by atoms with Crippen LogP contribution in [0.15, 0.2) is 66.9 Å². The van der Waals surface area contributed by atoms with E-state index in [-0.39, 0.29) is 12.1 Å². The van der Waals surface area contributed by atoms with Crippen molar-refractivity contribution in [1.82, 2.24) is 9.78 Å². The first-order valence-electron chi connectivity index (χ1n) is 12.8. The van der Waals surface area contributed by atoms with Gasteiger partial charge >= 0.3 is 12.1 Å². The summed E-state index contributed by atoms with van der Waals surface area (Å²) in [5.41, 5.74) is 4.94. The van der Waals surface area contributed by atoms with Crippen LogP contribution < -0.4 is 5.32 Å². The average Bonchev–Trinajstić information content (AvgIpc) is 3.67. The van der Waals surface area contributed by atoms with Gasteiger partial charge in [-0.15, -0.1) is 0 Å². The average molecular weight is 500 g/mol. The molecule has 1 amide bonds. The van der Waals surface area contributed by atoms with Gasteiger partial charge in [0.15, 0.2) is 0 Å². The second-order valence-corrected chi connectivity index (χ2v) is 10.0. The van der Waals surface area contributed by atoms with Crippen LogP contribution in [-0.2, 0) is 26.7 Å². The predicted octanol–water partition coefficient (Wildman–Crippen LogP) is 6.29. The summed E-state index contributed by atoms with van der Waals surface area (Å²) in [6.07, 6.45) is 7.69. The molecule has 3 aromatic rings. The zero-order chi connectivity index (χ0) is 26.0. The number of allylic oxidation sites excluding steroid dienone is 2. The molecular weight excluding hydrogens is 466 g/mol. The molecule has 0 radical (unpaired) electrons. The number of carbonyl (C=O) groups is 2. The second-order valence-electron chi connectivity index (χ2n) is 10.0. The lowest BCUT2D eigenvalue weighted by atomic mass is 9.82. The number of aromatic nitrogens is 2. The second kappa shape index (κ2) is 10.2. The van der Waals surface area contributed by atoms with Gasteiger partial charge in [0.05, 0.1) is 18.7 Å². The van der Waals surface area contributed by atoms with Crippen molar-refractivity contribution in [1.29, 1.82) is 0 Å². The molecule has 37 heavy (non-hydrogen) atoms. The number of ether oxygens (including phenoxy) is 2. The molecular formula is C30H33N3O4. The van der Waals surface area contributed by atoms with Crippen molar-refractivity contribution in [3.8, 4) is 0 Å². The Bertz CT molecular complexity index is 1310. The molecule has 1 saturated carbocycles. The summed E-state index contributed by atoms with van der Waals surface area (Å²) in [5.74, 6) is 0.914. The Morgan fingerprint density at radius 1 is 1.11 bits per heavy atom. The van der Waals surface area contributed by atoms with E-state index in [1.165, 1.54) is 18.2 Å². The summed E-state index contributed by atoms with van der Waals surface area (Å²) in [5, 5.41) is 7.29. The van der Waals surface area contributed by atoms with E-state index in [1.54, 1.807) is 10.9 Å². The molecule has 1 unspecified atom stereocenters. The van der Waals surface area contributed by atoms with Crippen molar-refractivity contribution in [2.75, 3.05) is 12.4 Å². The van der Waals surface area contributed by atoms with Gasteiger partial charge in [-0.05, 0) is 67.2 Å². The molecule has 2 atom stereocenters. The highest BCUT2D eigenvalue weighted by Crippen LogP contribution is 2.49. The highest BCUT2D eigenvalue weighted by molar-refractivity contribution is 5.89. The van der Waals surface area contributed by atoms with E-state index in [0.29, 0.717) is 11.7 Å². The molecule has 2 aromatic carbocycles. The van der Waals surface area contributed by atoms with Gasteiger partial charge in [0.2, 0.25) is 0 Å². The molecule has 0 bridgehead atoms. The summed E-state index contributed by atoms with van der Waals surface area (Å²) >= 11 is 0. The van der Waals surface area contributed by atoms with Crippen molar-refractivity contribution in [2.45, 2.75) is 56.5 Å². The van der Waals surface area contributed by atoms with E-state index in [4.69, 9.17) is 9.47 Å². The Balaban J connectivity index is 1.24. The third kappa shape index (κ3) is 5.03. The summed E-state index contributed by atoms with van der Waals surface area (Å²) in [6, 6.07) is 18.1. The first-order valence-corrected chi connectivity index (χ1v) is 12.8. The molecule has 5 rings (SSSR count). The van der Waals surface area contributed by atoms with Gasteiger partial charge in [0, 0.05) is 12.6 Å². The molecule has 7 nitrogen and oxygen atoms in total. The van der Waals surface area contributed by atoms with Crippen molar-refractivity contribution < 1.29 is 19.1 Å². The molecule has 0 aliphatic heterocycles. The van der Waals surface area contributed by atoms with Crippen LogP contribution in [-0.4, -0.2) is 29.0 Å². The lowest BCUT2D eigenvalue weighted by Crippen LogP contribution is -2.21. The number of rotatable bonds is 7. The molecule has 1 heterocycles. The summed E-state index contributed by atoms with van der Waals surface area (Å²) in [4.78, 5) is 24.9. The van der Waals surface area contributed by atoms with E-state index in [1.807, 2.05) is 44.3 Å². The molecule has 1 aromatic heterocycles. The minimum absolute atomic E-state index is 0.134. The van der Waals surface area contributed by atoms with Crippen LogP contribution in [0.25, 0.3) is 5.57 Å². The Labute approximate surface area is 217 Å². The molecule has 1 fully saturated rings. The minimum atomic E-state index is -0.504. The zero-order valence-corrected chi connectivity index (χ0v) is 21.6. The molecule has 2 aliphatic carbocycles. The van der Waals surface area contributed by atoms with Crippen LogP contribution in [0.1, 0.15) is 73.3 Å². The lowest BCUT2D eigenvalue weighted by Gasteiger charge is -2.23. The number of aryl methyl sites for hydroxylation is 1.